The number of rotatable bonds is 1. The fourth-order valence-electron chi connectivity index (χ4n) is 2.32. The summed E-state index contributed by atoms with van der Waals surface area (Å²) in [5.74, 6) is 0.311. The lowest BCUT2D eigenvalue weighted by molar-refractivity contribution is 0.0846. The Bertz CT molecular complexity index is 515. The number of hydrogen-bond acceptors (Lipinski definition) is 5. The third-order valence-electron chi connectivity index (χ3n) is 3.27. The molecule has 2 aliphatic heterocycles. The lowest BCUT2D eigenvalue weighted by Gasteiger charge is -2.32. The number of carbonyl (C=O) groups excluding carboxylic acids is 2. The van der Waals surface area contributed by atoms with Crippen molar-refractivity contribution in [3.63, 3.8) is 0 Å². The Morgan fingerprint density at radius 2 is 2.47 bits per heavy atom. The van der Waals surface area contributed by atoms with Crippen molar-refractivity contribution in [2.45, 2.75) is 25.5 Å². The first-order valence-corrected chi connectivity index (χ1v) is 6.08. The number of alkyl carbamates (subject to hydrolysis) is 1. The average Bonchev–Trinajstić information content (AvgIpc) is 2.93. The third-order valence-corrected chi connectivity index (χ3v) is 3.27. The fraction of sp³-hybridized carbons (Fsp3) is 0.545. The maximum absolute atomic E-state index is 12.0. The molecule has 0 radical (unpaired) electrons. The predicted octanol–water partition coefficient (Wildman–Crippen LogP) is 0.698. The maximum Gasteiger partial charge on any atom is 0.407 e. The van der Waals surface area contributed by atoms with E-state index in [0.29, 0.717) is 31.1 Å². The summed E-state index contributed by atoms with van der Waals surface area (Å²) < 4.78 is 10.0. The molecule has 0 spiro atoms. The lowest BCUT2D eigenvalue weighted by atomic mass is 10.0. The minimum absolute atomic E-state index is 0.00377. The Kier molecular flexibility index (Phi) is 2.77. The average molecular weight is 266 g/mol. The quantitative estimate of drug-likeness (QED) is 0.779. The van der Waals surface area contributed by atoms with E-state index in [2.05, 4.69) is 15.8 Å². The van der Waals surface area contributed by atoms with Crippen molar-refractivity contribution in [3.8, 4) is 0 Å². The van der Waals surface area contributed by atoms with E-state index >= 15 is 0 Å². The van der Waals surface area contributed by atoms with Gasteiger partial charge in [0, 0.05) is 12.6 Å². The van der Waals surface area contributed by atoms with Crippen LogP contribution in [0, 0.1) is 6.92 Å². The highest BCUT2D eigenvalue weighted by atomic mass is 16.6. The largest absolute Gasteiger partial charge is 0.442 e. The van der Waals surface area contributed by atoms with E-state index in [1.54, 1.807) is 17.9 Å². The van der Waals surface area contributed by atoms with Gasteiger partial charge in [-0.1, -0.05) is 5.16 Å². The zero-order valence-corrected chi connectivity index (χ0v) is 10.4. The summed E-state index contributed by atoms with van der Waals surface area (Å²) >= 11 is 0. The second-order valence-electron chi connectivity index (χ2n) is 4.69. The van der Waals surface area contributed by atoms with Crippen molar-refractivity contribution in [2.24, 2.45) is 0 Å². The van der Waals surface area contributed by atoms with Gasteiger partial charge in [0.2, 0.25) is 5.88 Å². The second-order valence-corrected chi connectivity index (χ2v) is 4.69. The van der Waals surface area contributed by atoms with Gasteiger partial charge < -0.3 is 19.5 Å². The summed E-state index contributed by atoms with van der Waals surface area (Å²) in [7, 11) is 0. The zero-order chi connectivity index (χ0) is 13.4. The zero-order valence-electron chi connectivity index (χ0n) is 10.4. The van der Waals surface area contributed by atoms with Gasteiger partial charge in [-0.05, 0) is 13.3 Å². The summed E-state index contributed by atoms with van der Waals surface area (Å²) in [6.07, 6.45) is -0.00853. The molecule has 1 aromatic heterocycles. The van der Waals surface area contributed by atoms with Gasteiger partial charge >= 0.3 is 12.1 Å². The van der Waals surface area contributed by atoms with E-state index in [0.717, 1.165) is 0 Å². The highest BCUT2D eigenvalue weighted by molar-refractivity contribution is 5.88. The molecule has 19 heavy (non-hydrogen) atoms. The topological polar surface area (TPSA) is 96.7 Å². The van der Waals surface area contributed by atoms with Crippen molar-refractivity contribution < 1.29 is 18.8 Å². The molecule has 3 heterocycles. The SMILES string of the molecule is Cc1cc(NC(=O)N2CC[C@@H]3NC(=O)O[C@@H]3C2)on1. The van der Waals surface area contributed by atoms with Gasteiger partial charge in [0.05, 0.1) is 18.3 Å². The van der Waals surface area contributed by atoms with E-state index < -0.39 is 6.09 Å². The molecule has 0 bridgehead atoms. The van der Waals surface area contributed by atoms with E-state index in [4.69, 9.17) is 9.26 Å². The van der Waals surface area contributed by atoms with Crippen molar-refractivity contribution >= 4 is 18.0 Å². The minimum Gasteiger partial charge on any atom is -0.442 e. The molecule has 0 aromatic carbocycles. The van der Waals surface area contributed by atoms with Gasteiger partial charge in [-0.3, -0.25) is 5.32 Å². The van der Waals surface area contributed by atoms with E-state index in [-0.39, 0.29) is 18.2 Å². The summed E-state index contributed by atoms with van der Waals surface area (Å²) in [4.78, 5) is 24.7. The Morgan fingerprint density at radius 1 is 1.63 bits per heavy atom. The molecule has 1 aromatic rings. The molecule has 2 N–H and O–H groups in total. The number of aryl methyl sites for hydroxylation is 1. The normalized spacial score (nSPS) is 25.5. The number of likely N-dealkylation sites (tertiary alicyclic amines) is 1. The molecule has 8 nitrogen and oxygen atoms in total. The van der Waals surface area contributed by atoms with Crippen molar-refractivity contribution in [2.75, 3.05) is 18.4 Å². The van der Waals surface area contributed by atoms with Crippen LogP contribution < -0.4 is 10.6 Å². The number of ether oxygens (including phenoxy) is 1. The predicted molar refractivity (Wildman–Crippen MR) is 63.6 cm³/mol. The number of nitrogens with zero attached hydrogens (tertiary/aromatic N) is 2. The van der Waals surface area contributed by atoms with Crippen LogP contribution in [0.1, 0.15) is 12.1 Å². The molecule has 3 rings (SSSR count). The molecule has 2 saturated heterocycles. The number of urea groups is 1. The number of carbonyl (C=O) groups is 2. The van der Waals surface area contributed by atoms with Gasteiger partial charge in [-0.15, -0.1) is 0 Å². The number of aromatic nitrogens is 1. The van der Waals surface area contributed by atoms with Crippen LogP contribution in [0.4, 0.5) is 15.5 Å². The molecule has 0 aliphatic carbocycles. The lowest BCUT2D eigenvalue weighted by Crippen LogP contribution is -2.51. The third kappa shape index (κ3) is 2.33. The number of fused-ring (bicyclic) bond motifs is 1. The Labute approximate surface area is 109 Å². The smallest absolute Gasteiger partial charge is 0.407 e. The first kappa shape index (κ1) is 11.8. The Hall–Kier alpha value is -2.25. The van der Waals surface area contributed by atoms with Crippen LogP contribution in [-0.4, -0.2) is 47.4 Å². The van der Waals surface area contributed by atoms with Crippen LogP contribution in [0.3, 0.4) is 0 Å². The molecule has 2 aliphatic rings. The summed E-state index contributed by atoms with van der Waals surface area (Å²) in [6.45, 7) is 2.71. The maximum atomic E-state index is 12.0. The molecule has 102 valence electrons. The summed E-state index contributed by atoms with van der Waals surface area (Å²) in [5, 5.41) is 9.03. The van der Waals surface area contributed by atoms with Crippen LogP contribution in [0.5, 0.6) is 0 Å². The van der Waals surface area contributed by atoms with Crippen molar-refractivity contribution in [3.05, 3.63) is 11.8 Å². The van der Waals surface area contributed by atoms with Crippen molar-refractivity contribution in [1.82, 2.24) is 15.4 Å². The van der Waals surface area contributed by atoms with Gasteiger partial charge in [0.25, 0.3) is 0 Å². The Morgan fingerprint density at radius 3 is 3.21 bits per heavy atom. The number of amides is 3. The summed E-state index contributed by atoms with van der Waals surface area (Å²) in [5.41, 5.74) is 0.697. The number of piperidine rings is 1. The summed E-state index contributed by atoms with van der Waals surface area (Å²) in [6, 6.07) is 1.36. The molecular formula is C11H14N4O4. The number of hydrogen-bond donors (Lipinski definition) is 2. The molecule has 0 saturated carbocycles. The van der Waals surface area contributed by atoms with Gasteiger partial charge in [0.1, 0.15) is 6.10 Å². The molecule has 2 atom stereocenters. The van der Waals surface area contributed by atoms with Crippen LogP contribution in [-0.2, 0) is 4.74 Å². The Balaban J connectivity index is 1.60. The minimum atomic E-state index is -0.414. The fourth-order valence-corrected chi connectivity index (χ4v) is 2.32. The van der Waals surface area contributed by atoms with Crippen LogP contribution in [0.25, 0.3) is 0 Å². The standard InChI is InChI=1S/C11H14N4O4/c1-6-4-9(19-14-6)13-10(16)15-3-2-7-8(5-15)18-11(17)12-7/h4,7-8H,2-3,5H2,1H3,(H,12,17)(H,13,16)/t7-,8+/m0/s1. The second kappa shape index (κ2) is 4.45. The van der Waals surface area contributed by atoms with Crippen molar-refractivity contribution in [1.29, 1.82) is 0 Å². The highest BCUT2D eigenvalue weighted by Gasteiger charge is 2.39. The first-order valence-electron chi connectivity index (χ1n) is 6.08. The van der Waals surface area contributed by atoms with Gasteiger partial charge in [0.15, 0.2) is 0 Å². The monoisotopic (exact) mass is 266 g/mol. The molecule has 3 amide bonds. The van der Waals surface area contributed by atoms with Crippen LogP contribution >= 0.6 is 0 Å². The number of nitrogens with one attached hydrogen (secondary N) is 2. The van der Waals surface area contributed by atoms with E-state index in [1.807, 2.05) is 0 Å². The molecule has 8 heteroatoms. The first-order chi connectivity index (χ1) is 9.11. The molecule has 2 fully saturated rings. The van der Waals surface area contributed by atoms with E-state index in [1.165, 1.54) is 0 Å². The molecule has 0 unspecified atom stereocenters. The molecular weight excluding hydrogens is 252 g/mol. The number of anilines is 1. The van der Waals surface area contributed by atoms with Gasteiger partial charge in [-0.2, -0.15) is 0 Å². The van der Waals surface area contributed by atoms with Crippen LogP contribution in [0.2, 0.25) is 0 Å². The van der Waals surface area contributed by atoms with E-state index in [9.17, 15) is 9.59 Å². The highest BCUT2D eigenvalue weighted by Crippen LogP contribution is 2.20. The van der Waals surface area contributed by atoms with Crippen LogP contribution in [0.15, 0.2) is 10.6 Å². The van der Waals surface area contributed by atoms with Gasteiger partial charge in [-0.25, -0.2) is 9.59 Å².